The van der Waals surface area contributed by atoms with Crippen LogP contribution in [0.4, 0.5) is 0 Å². The Hall–Kier alpha value is -2.42. The van der Waals surface area contributed by atoms with Gasteiger partial charge in [0.15, 0.2) is 0 Å². The van der Waals surface area contributed by atoms with E-state index in [1.807, 2.05) is 24.3 Å². The number of nitrogens with zero attached hydrogens (tertiary/aromatic N) is 1. The third-order valence-corrected chi connectivity index (χ3v) is 7.13. The molecule has 3 nitrogen and oxygen atoms in total. The molecule has 0 aliphatic heterocycles. The number of rotatable bonds is 4. The predicted molar refractivity (Wildman–Crippen MR) is 112 cm³/mol. The van der Waals surface area contributed by atoms with Gasteiger partial charge in [0, 0.05) is 11.1 Å². The maximum absolute atomic E-state index is 13.3. The van der Waals surface area contributed by atoms with Crippen LogP contribution in [0.3, 0.4) is 0 Å². The summed E-state index contributed by atoms with van der Waals surface area (Å²) < 4.78 is 0. The first kappa shape index (κ1) is 17.7. The van der Waals surface area contributed by atoms with E-state index in [0.717, 1.165) is 53.9 Å². The van der Waals surface area contributed by atoms with Gasteiger partial charge < -0.3 is 0 Å². The maximum Gasteiger partial charge on any atom is 0.246 e. The number of carbonyl (C=O) groups excluding carboxylic acids is 1. The van der Waals surface area contributed by atoms with Crippen LogP contribution in [0.5, 0.6) is 0 Å². The van der Waals surface area contributed by atoms with E-state index in [-0.39, 0.29) is 11.3 Å². The number of benzene rings is 2. The molecule has 4 bridgehead atoms. The summed E-state index contributed by atoms with van der Waals surface area (Å²) in [6.45, 7) is 2.08. The molecule has 0 radical (unpaired) electrons. The van der Waals surface area contributed by atoms with Crippen molar-refractivity contribution in [3.8, 4) is 0 Å². The summed E-state index contributed by atoms with van der Waals surface area (Å²) in [6, 6.07) is 18.5. The van der Waals surface area contributed by atoms with E-state index in [2.05, 4.69) is 47.8 Å². The lowest BCUT2D eigenvalue weighted by atomic mass is 9.49. The van der Waals surface area contributed by atoms with Crippen LogP contribution in [0.15, 0.2) is 59.7 Å². The van der Waals surface area contributed by atoms with Crippen LogP contribution in [0.2, 0.25) is 0 Å². The van der Waals surface area contributed by atoms with Gasteiger partial charge in [-0.1, -0.05) is 54.1 Å². The summed E-state index contributed by atoms with van der Waals surface area (Å²) in [4.78, 5) is 13.3. The van der Waals surface area contributed by atoms with Crippen LogP contribution in [0.25, 0.3) is 0 Å². The predicted octanol–water partition coefficient (Wildman–Crippen LogP) is 5.08. The minimum Gasteiger partial charge on any atom is -0.273 e. The van der Waals surface area contributed by atoms with E-state index in [9.17, 15) is 4.79 Å². The van der Waals surface area contributed by atoms with Crippen LogP contribution < -0.4 is 5.43 Å². The Morgan fingerprint density at radius 1 is 0.893 bits per heavy atom. The molecule has 4 aliphatic carbocycles. The molecule has 4 fully saturated rings. The van der Waals surface area contributed by atoms with Gasteiger partial charge in [0.05, 0.1) is 11.1 Å². The second-order valence-corrected chi connectivity index (χ2v) is 9.33. The highest BCUT2D eigenvalue weighted by Crippen LogP contribution is 2.60. The fraction of sp³-hybridized carbons (Fsp3) is 0.440. The van der Waals surface area contributed by atoms with Crippen molar-refractivity contribution in [1.29, 1.82) is 0 Å². The van der Waals surface area contributed by atoms with Crippen LogP contribution in [-0.2, 0) is 4.79 Å². The van der Waals surface area contributed by atoms with Gasteiger partial charge in [-0.25, -0.2) is 5.43 Å². The summed E-state index contributed by atoms with van der Waals surface area (Å²) >= 11 is 0. The van der Waals surface area contributed by atoms with Crippen molar-refractivity contribution in [2.24, 2.45) is 28.3 Å². The molecule has 0 unspecified atom stereocenters. The van der Waals surface area contributed by atoms with Crippen molar-refractivity contribution in [3.63, 3.8) is 0 Å². The summed E-state index contributed by atoms with van der Waals surface area (Å²) in [6.07, 6.45) is 7.21. The number of nitrogens with one attached hydrogen (secondary N) is 1. The second kappa shape index (κ2) is 6.88. The topological polar surface area (TPSA) is 41.5 Å². The van der Waals surface area contributed by atoms with E-state index in [1.54, 1.807) is 0 Å². The smallest absolute Gasteiger partial charge is 0.246 e. The lowest BCUT2D eigenvalue weighted by Crippen LogP contribution is -2.52. The SMILES string of the molecule is Cc1cccc(/C(=N/NC(=O)C23CC4CC(CC(C4)C2)C3)c2ccccc2)c1. The summed E-state index contributed by atoms with van der Waals surface area (Å²) in [5.74, 6) is 2.41. The third-order valence-electron chi connectivity index (χ3n) is 7.13. The fourth-order valence-electron chi connectivity index (χ4n) is 6.30. The zero-order valence-corrected chi connectivity index (χ0v) is 16.5. The Morgan fingerprint density at radius 2 is 1.50 bits per heavy atom. The number of carbonyl (C=O) groups is 1. The molecule has 28 heavy (non-hydrogen) atoms. The normalized spacial score (nSPS) is 31.0. The molecular weight excluding hydrogens is 344 g/mol. The highest BCUT2D eigenvalue weighted by molar-refractivity contribution is 6.13. The van der Waals surface area contributed by atoms with E-state index in [4.69, 9.17) is 0 Å². The standard InChI is InChI=1S/C25H28N2O/c1-17-6-5-9-22(10-17)23(21-7-3-2-4-8-21)26-27-24(28)25-14-18-11-19(15-25)13-20(12-18)16-25/h2-10,18-20H,11-16H2,1H3,(H,27,28)/b26-23+. The fourth-order valence-corrected chi connectivity index (χ4v) is 6.30. The molecule has 0 heterocycles. The first-order valence-electron chi connectivity index (χ1n) is 10.6. The zero-order valence-electron chi connectivity index (χ0n) is 16.5. The van der Waals surface area contributed by atoms with Gasteiger partial charge in [0.25, 0.3) is 0 Å². The Bertz CT molecular complexity index is 880. The van der Waals surface area contributed by atoms with Crippen molar-refractivity contribution < 1.29 is 4.79 Å². The minimum atomic E-state index is -0.174. The Labute approximate surface area is 167 Å². The molecular formula is C25H28N2O. The minimum absolute atomic E-state index is 0.146. The molecule has 0 saturated heterocycles. The molecule has 3 heteroatoms. The average molecular weight is 373 g/mol. The molecule has 2 aromatic carbocycles. The average Bonchev–Trinajstić information content (AvgIpc) is 2.68. The number of hydrogen-bond acceptors (Lipinski definition) is 2. The lowest BCUT2D eigenvalue weighted by molar-refractivity contribution is -0.146. The van der Waals surface area contributed by atoms with E-state index in [1.165, 1.54) is 24.8 Å². The van der Waals surface area contributed by atoms with Gasteiger partial charge in [-0.05, 0) is 69.3 Å². The molecule has 4 aliphatic rings. The first-order chi connectivity index (χ1) is 13.6. The van der Waals surface area contributed by atoms with Gasteiger partial charge in [-0.2, -0.15) is 5.10 Å². The molecule has 1 N–H and O–H groups in total. The summed E-state index contributed by atoms with van der Waals surface area (Å²) in [5.41, 5.74) is 6.92. The molecule has 1 amide bonds. The third kappa shape index (κ3) is 3.17. The molecule has 4 saturated carbocycles. The van der Waals surface area contributed by atoms with Gasteiger partial charge in [-0.15, -0.1) is 0 Å². The quantitative estimate of drug-likeness (QED) is 0.590. The van der Waals surface area contributed by atoms with Crippen molar-refractivity contribution in [2.75, 3.05) is 0 Å². The van der Waals surface area contributed by atoms with Crippen molar-refractivity contribution in [1.82, 2.24) is 5.43 Å². The lowest BCUT2D eigenvalue weighted by Gasteiger charge is -2.55. The largest absolute Gasteiger partial charge is 0.273 e. The monoisotopic (exact) mass is 372 g/mol. The summed E-state index contributed by atoms with van der Waals surface area (Å²) in [5, 5.41) is 4.68. The molecule has 0 aromatic heterocycles. The van der Waals surface area contributed by atoms with E-state index < -0.39 is 0 Å². The molecule has 0 spiro atoms. The van der Waals surface area contributed by atoms with Crippen LogP contribution in [0.1, 0.15) is 55.2 Å². The number of hydrogen-bond donors (Lipinski definition) is 1. The van der Waals surface area contributed by atoms with Gasteiger partial charge in [0.1, 0.15) is 0 Å². The second-order valence-electron chi connectivity index (χ2n) is 9.33. The van der Waals surface area contributed by atoms with Crippen LogP contribution in [-0.4, -0.2) is 11.6 Å². The molecule has 144 valence electrons. The Kier molecular flexibility index (Phi) is 4.34. The maximum atomic E-state index is 13.3. The number of hydrazone groups is 1. The van der Waals surface area contributed by atoms with Crippen LogP contribution in [0, 0.1) is 30.1 Å². The van der Waals surface area contributed by atoms with Crippen molar-refractivity contribution in [2.45, 2.75) is 45.4 Å². The first-order valence-corrected chi connectivity index (χ1v) is 10.6. The highest BCUT2D eigenvalue weighted by atomic mass is 16.2. The summed E-state index contributed by atoms with van der Waals surface area (Å²) in [7, 11) is 0. The molecule has 6 rings (SSSR count). The Balaban J connectivity index is 1.44. The van der Waals surface area contributed by atoms with Crippen LogP contribution >= 0.6 is 0 Å². The highest BCUT2D eigenvalue weighted by Gasteiger charge is 2.54. The van der Waals surface area contributed by atoms with E-state index >= 15 is 0 Å². The van der Waals surface area contributed by atoms with Gasteiger partial charge in [-0.3, -0.25) is 4.79 Å². The number of amides is 1. The molecule has 0 atom stereocenters. The van der Waals surface area contributed by atoms with Crippen molar-refractivity contribution >= 4 is 11.6 Å². The molecule has 2 aromatic rings. The van der Waals surface area contributed by atoms with Crippen molar-refractivity contribution in [3.05, 3.63) is 71.3 Å². The number of aryl methyl sites for hydroxylation is 1. The zero-order chi connectivity index (χ0) is 19.1. The van der Waals surface area contributed by atoms with E-state index in [0.29, 0.717) is 0 Å². The van der Waals surface area contributed by atoms with Gasteiger partial charge >= 0.3 is 0 Å². The van der Waals surface area contributed by atoms with Gasteiger partial charge in [0.2, 0.25) is 5.91 Å². The Morgan fingerprint density at radius 3 is 2.11 bits per heavy atom.